The lowest BCUT2D eigenvalue weighted by atomic mass is 9.97. The zero-order valence-electron chi connectivity index (χ0n) is 23.5. The van der Waals surface area contributed by atoms with E-state index in [1.807, 2.05) is 0 Å². The number of phenols is 4. The van der Waals surface area contributed by atoms with E-state index in [-0.39, 0.29) is 30.3 Å². The van der Waals surface area contributed by atoms with Crippen molar-refractivity contribution in [3.05, 3.63) is 53.6 Å². The zero-order chi connectivity index (χ0) is 32.1. The molecule has 2 aliphatic rings. The van der Waals surface area contributed by atoms with Crippen molar-refractivity contribution >= 4 is 12.0 Å². The number of hydrogen-bond acceptors (Lipinski definition) is 15. The summed E-state index contributed by atoms with van der Waals surface area (Å²) < 4.78 is 27.8. The Kier molecular flexibility index (Phi) is 11.0. The van der Waals surface area contributed by atoms with E-state index < -0.39 is 79.7 Å². The van der Waals surface area contributed by atoms with Crippen LogP contribution >= 0.6 is 0 Å². The Morgan fingerprint density at radius 3 is 2.14 bits per heavy atom. The lowest BCUT2D eigenvalue weighted by Gasteiger charge is -2.45. The first kappa shape index (κ1) is 33.4. The van der Waals surface area contributed by atoms with E-state index in [1.54, 1.807) is 6.07 Å². The fourth-order valence-corrected chi connectivity index (χ4v) is 4.66. The quantitative estimate of drug-likeness (QED) is 0.0873. The van der Waals surface area contributed by atoms with E-state index >= 15 is 0 Å². The lowest BCUT2D eigenvalue weighted by molar-refractivity contribution is -0.356. The minimum absolute atomic E-state index is 0.0645. The van der Waals surface area contributed by atoms with Gasteiger partial charge in [0.2, 0.25) is 0 Å². The largest absolute Gasteiger partial charge is 0.504 e. The third-order valence-corrected chi connectivity index (χ3v) is 7.25. The Balaban J connectivity index is 1.45. The van der Waals surface area contributed by atoms with Gasteiger partial charge in [-0.05, 0) is 54.8 Å². The van der Waals surface area contributed by atoms with Crippen LogP contribution in [0.2, 0.25) is 0 Å². The van der Waals surface area contributed by atoms with E-state index in [0.29, 0.717) is 11.1 Å². The molecule has 0 aromatic heterocycles. The molecule has 10 unspecified atom stereocenters. The highest BCUT2D eigenvalue weighted by molar-refractivity contribution is 5.87. The van der Waals surface area contributed by atoms with Gasteiger partial charge in [0.25, 0.3) is 0 Å². The van der Waals surface area contributed by atoms with E-state index in [0.717, 1.165) is 6.08 Å². The molecule has 4 rings (SSSR count). The van der Waals surface area contributed by atoms with E-state index in [2.05, 4.69) is 0 Å². The summed E-state index contributed by atoms with van der Waals surface area (Å²) in [4.78, 5) is 12.5. The number of phenolic OH excluding ortho intramolecular Hbond substituents is 4. The van der Waals surface area contributed by atoms with Crippen molar-refractivity contribution in [1.29, 1.82) is 0 Å². The minimum Gasteiger partial charge on any atom is -0.504 e. The van der Waals surface area contributed by atoms with Crippen molar-refractivity contribution in [1.82, 2.24) is 0 Å². The normalized spacial score (nSPS) is 32.5. The highest BCUT2D eigenvalue weighted by atomic mass is 16.7. The van der Waals surface area contributed by atoms with Gasteiger partial charge in [-0.1, -0.05) is 12.1 Å². The number of carbonyl (C=O) groups excluding carboxylic acids is 1. The van der Waals surface area contributed by atoms with Gasteiger partial charge in [-0.2, -0.15) is 0 Å². The second-order valence-corrected chi connectivity index (χ2v) is 10.5. The Morgan fingerprint density at radius 1 is 0.795 bits per heavy atom. The van der Waals surface area contributed by atoms with Crippen LogP contribution in [-0.2, 0) is 34.9 Å². The number of aromatic hydroxyl groups is 4. The summed E-state index contributed by atoms with van der Waals surface area (Å²) >= 11 is 0. The van der Waals surface area contributed by atoms with Gasteiger partial charge in [-0.15, -0.1) is 0 Å². The van der Waals surface area contributed by atoms with Crippen molar-refractivity contribution in [3.8, 4) is 23.0 Å². The molecular formula is C29H36O15. The number of aliphatic hydroxyl groups excluding tert-OH is 5. The maximum Gasteiger partial charge on any atom is 0.330 e. The van der Waals surface area contributed by atoms with Gasteiger partial charge in [0.15, 0.2) is 35.6 Å². The van der Waals surface area contributed by atoms with Gasteiger partial charge in [0, 0.05) is 6.08 Å². The fourth-order valence-electron chi connectivity index (χ4n) is 4.66. The Bertz CT molecular complexity index is 1300. The first-order chi connectivity index (χ1) is 20.8. The topological polar surface area (TPSA) is 245 Å². The third kappa shape index (κ3) is 7.95. The average molecular weight is 625 g/mol. The van der Waals surface area contributed by atoms with Crippen molar-refractivity contribution in [3.63, 3.8) is 0 Å². The number of esters is 1. The maximum atomic E-state index is 12.5. The van der Waals surface area contributed by atoms with Crippen LogP contribution in [0.15, 0.2) is 42.5 Å². The first-order valence-corrected chi connectivity index (χ1v) is 13.7. The molecule has 0 spiro atoms. The molecule has 0 saturated carbocycles. The molecule has 15 nitrogen and oxygen atoms in total. The van der Waals surface area contributed by atoms with Crippen LogP contribution in [0.1, 0.15) is 18.1 Å². The monoisotopic (exact) mass is 624 g/mol. The molecule has 2 aromatic carbocycles. The summed E-state index contributed by atoms with van der Waals surface area (Å²) in [5.74, 6) is -2.23. The number of aliphatic hydroxyl groups is 5. The summed E-state index contributed by atoms with van der Waals surface area (Å²) in [5.41, 5.74) is 0.963. The fraction of sp³-hybridized carbons (Fsp3) is 0.483. The number of hydrogen-bond donors (Lipinski definition) is 9. The predicted molar refractivity (Wildman–Crippen MR) is 147 cm³/mol. The standard InChI is InChI=1S/C29H36O15/c1-13-22(35)23(36)25(38)29(42-13)44-27-20(12-41-21(34)7-4-14-2-5-16(30)18(32)10-14)43-28(26(39)24(27)37)40-9-8-15-3-6-17(31)19(33)11-15/h2-7,10-11,13,20,22-33,35-39H,8-9,12H2,1H3. The van der Waals surface area contributed by atoms with E-state index in [4.69, 9.17) is 23.7 Å². The van der Waals surface area contributed by atoms with Crippen molar-refractivity contribution in [2.45, 2.75) is 74.8 Å². The number of carbonyl (C=O) groups is 1. The van der Waals surface area contributed by atoms with Crippen molar-refractivity contribution < 1.29 is 74.4 Å². The van der Waals surface area contributed by atoms with Gasteiger partial charge in [0.1, 0.15) is 49.3 Å². The van der Waals surface area contributed by atoms with Gasteiger partial charge in [-0.3, -0.25) is 0 Å². The smallest absolute Gasteiger partial charge is 0.330 e. The molecule has 2 saturated heterocycles. The van der Waals surface area contributed by atoms with Crippen LogP contribution in [0.3, 0.4) is 0 Å². The summed E-state index contributed by atoms with van der Waals surface area (Å²) in [6.45, 7) is 0.814. The minimum atomic E-state index is -1.74. The second kappa shape index (κ2) is 14.5. The van der Waals surface area contributed by atoms with Gasteiger partial charge in [-0.25, -0.2) is 4.79 Å². The summed E-state index contributed by atoms with van der Waals surface area (Å²) in [6, 6.07) is 8.05. The molecule has 0 amide bonds. The van der Waals surface area contributed by atoms with Crippen LogP contribution in [-0.4, -0.2) is 127 Å². The second-order valence-electron chi connectivity index (χ2n) is 10.5. The SMILES string of the molecule is CC1OC(OC2C(COC(=O)C=Cc3ccc(O)c(O)c3)OC(OCCc3ccc(O)c(O)c3)C(O)C2O)C(O)C(O)C1O. The van der Waals surface area contributed by atoms with Gasteiger partial charge < -0.3 is 69.6 Å². The summed E-state index contributed by atoms with van der Waals surface area (Å²) in [6.07, 6.45) is -12.5. The Labute approximate surface area is 251 Å². The molecule has 0 radical (unpaired) electrons. The van der Waals surface area contributed by atoms with Crippen LogP contribution < -0.4 is 0 Å². The van der Waals surface area contributed by atoms with E-state index in [1.165, 1.54) is 43.3 Å². The van der Waals surface area contributed by atoms with Gasteiger partial charge in [0.05, 0.1) is 12.7 Å². The number of ether oxygens (including phenoxy) is 5. The Morgan fingerprint density at radius 2 is 1.45 bits per heavy atom. The average Bonchev–Trinajstić information content (AvgIpc) is 2.99. The maximum absolute atomic E-state index is 12.5. The number of benzene rings is 2. The lowest BCUT2D eigenvalue weighted by Crippen LogP contribution is -2.64. The molecule has 9 N–H and O–H groups in total. The molecule has 0 bridgehead atoms. The first-order valence-electron chi connectivity index (χ1n) is 13.7. The molecule has 2 aliphatic heterocycles. The molecule has 2 aromatic rings. The predicted octanol–water partition coefficient (Wildman–Crippen LogP) is -1.02. The van der Waals surface area contributed by atoms with Gasteiger partial charge >= 0.3 is 5.97 Å². The van der Waals surface area contributed by atoms with Crippen LogP contribution in [0, 0.1) is 0 Å². The molecule has 10 atom stereocenters. The van der Waals surface area contributed by atoms with Crippen LogP contribution in [0.4, 0.5) is 0 Å². The molecule has 15 heteroatoms. The zero-order valence-corrected chi connectivity index (χ0v) is 23.5. The van der Waals surface area contributed by atoms with E-state index in [9.17, 15) is 50.8 Å². The third-order valence-electron chi connectivity index (χ3n) is 7.25. The highest BCUT2D eigenvalue weighted by Crippen LogP contribution is 2.31. The van der Waals surface area contributed by atoms with Crippen LogP contribution in [0.25, 0.3) is 6.08 Å². The molecule has 242 valence electrons. The molecular weight excluding hydrogens is 588 g/mol. The molecule has 0 aliphatic carbocycles. The number of rotatable bonds is 10. The molecule has 2 heterocycles. The van der Waals surface area contributed by atoms with Crippen molar-refractivity contribution in [2.24, 2.45) is 0 Å². The van der Waals surface area contributed by atoms with Crippen molar-refractivity contribution in [2.75, 3.05) is 13.2 Å². The van der Waals surface area contributed by atoms with Crippen LogP contribution in [0.5, 0.6) is 23.0 Å². The highest BCUT2D eigenvalue weighted by Gasteiger charge is 2.50. The summed E-state index contributed by atoms with van der Waals surface area (Å²) in [7, 11) is 0. The Hall–Kier alpha value is -3.51. The molecule has 44 heavy (non-hydrogen) atoms. The summed E-state index contributed by atoms with van der Waals surface area (Å²) in [5, 5.41) is 90.6. The molecule has 2 fully saturated rings.